The van der Waals surface area contributed by atoms with Gasteiger partial charge in [0.15, 0.2) is 0 Å². The summed E-state index contributed by atoms with van der Waals surface area (Å²) in [6, 6.07) is 7.16. The van der Waals surface area contributed by atoms with Crippen LogP contribution in [0.2, 0.25) is 0 Å². The predicted molar refractivity (Wildman–Crippen MR) is 105 cm³/mol. The number of allylic oxidation sites excluding steroid dienone is 1. The second kappa shape index (κ2) is 7.59. The van der Waals surface area contributed by atoms with Crippen molar-refractivity contribution in [3.8, 4) is 0 Å². The van der Waals surface area contributed by atoms with Crippen LogP contribution in [0, 0.1) is 5.41 Å². The smallest absolute Gasteiger partial charge is 0.411 e. The molecule has 1 aromatic carbocycles. The highest BCUT2D eigenvalue weighted by Crippen LogP contribution is 2.60. The molecule has 1 amide bonds. The molecule has 2 fully saturated rings. The summed E-state index contributed by atoms with van der Waals surface area (Å²) in [5, 5.41) is 9.57. The zero-order valence-corrected chi connectivity index (χ0v) is 16.8. The van der Waals surface area contributed by atoms with E-state index in [4.69, 9.17) is 9.47 Å². The van der Waals surface area contributed by atoms with Crippen LogP contribution in [0.5, 0.6) is 0 Å². The lowest BCUT2D eigenvalue weighted by molar-refractivity contribution is -0.142. The van der Waals surface area contributed by atoms with E-state index in [-0.39, 0.29) is 11.5 Å². The Balaban J connectivity index is 1.61. The van der Waals surface area contributed by atoms with Crippen LogP contribution in [0.1, 0.15) is 44.7 Å². The normalized spacial score (nSPS) is 25.9. The van der Waals surface area contributed by atoms with Gasteiger partial charge in [-0.1, -0.05) is 30.3 Å². The van der Waals surface area contributed by atoms with E-state index in [1.165, 1.54) is 10.5 Å². The van der Waals surface area contributed by atoms with Crippen LogP contribution < -0.4 is 0 Å². The maximum atomic E-state index is 12.5. The molecule has 1 saturated heterocycles. The van der Waals surface area contributed by atoms with Crippen molar-refractivity contribution < 1.29 is 24.2 Å². The number of nitrogens with zero attached hydrogens (tertiary/aromatic N) is 1. The van der Waals surface area contributed by atoms with Gasteiger partial charge in [-0.2, -0.15) is 0 Å². The topological polar surface area (TPSA) is 76.1 Å². The van der Waals surface area contributed by atoms with E-state index < -0.39 is 23.7 Å². The fraction of sp³-hybridized carbons (Fsp3) is 0.545. The first-order valence-corrected chi connectivity index (χ1v) is 9.66. The van der Waals surface area contributed by atoms with Gasteiger partial charge >= 0.3 is 12.1 Å². The Morgan fingerprint density at radius 2 is 2.04 bits per heavy atom. The Kier molecular flexibility index (Phi) is 5.53. The average molecular weight is 387 g/mol. The first kappa shape index (κ1) is 20.4. The van der Waals surface area contributed by atoms with Gasteiger partial charge in [0, 0.05) is 11.5 Å². The third kappa shape index (κ3) is 4.38. The number of fused-ring (bicyclic) bond motifs is 1. The number of carbonyl (C=O) groups excluding carboxylic acids is 1. The number of piperidine rings is 1. The van der Waals surface area contributed by atoms with E-state index in [1.807, 2.05) is 24.3 Å². The Bertz CT molecular complexity index is 768. The highest BCUT2D eigenvalue weighted by atomic mass is 16.6. The van der Waals surface area contributed by atoms with Crippen molar-refractivity contribution in [1.82, 2.24) is 4.90 Å². The quantitative estimate of drug-likeness (QED) is 0.721. The van der Waals surface area contributed by atoms with Crippen molar-refractivity contribution in [1.29, 1.82) is 0 Å². The van der Waals surface area contributed by atoms with Crippen molar-refractivity contribution in [2.45, 2.75) is 64.3 Å². The minimum Gasteiger partial charge on any atom is -0.480 e. The zero-order chi connectivity index (χ0) is 20.5. The molecule has 0 radical (unpaired) electrons. The summed E-state index contributed by atoms with van der Waals surface area (Å²) in [5.41, 5.74) is 1.32. The van der Waals surface area contributed by atoms with Crippen molar-refractivity contribution >= 4 is 12.1 Å². The molecule has 3 rings (SSSR count). The minimum absolute atomic E-state index is 0.129. The van der Waals surface area contributed by atoms with E-state index in [1.54, 1.807) is 20.8 Å². The third-order valence-corrected chi connectivity index (χ3v) is 5.34. The maximum absolute atomic E-state index is 12.5. The van der Waals surface area contributed by atoms with Gasteiger partial charge in [0.05, 0.1) is 13.2 Å². The number of aliphatic carboxylic acids is 1. The van der Waals surface area contributed by atoms with Crippen molar-refractivity contribution in [3.63, 3.8) is 0 Å². The number of carboxylic acid groups (broad SMARTS) is 1. The number of amides is 1. The Hall–Kier alpha value is -2.34. The highest BCUT2D eigenvalue weighted by Gasteiger charge is 2.68. The molecule has 0 aromatic heterocycles. The van der Waals surface area contributed by atoms with E-state index >= 15 is 0 Å². The number of carbonyl (C=O) groups is 2. The Labute approximate surface area is 166 Å². The second-order valence-electron chi connectivity index (χ2n) is 8.83. The minimum atomic E-state index is -0.991. The van der Waals surface area contributed by atoms with E-state index in [0.717, 1.165) is 18.4 Å². The molecule has 0 spiro atoms. The van der Waals surface area contributed by atoms with Gasteiger partial charge in [-0.05, 0) is 51.2 Å². The zero-order valence-electron chi connectivity index (χ0n) is 16.8. The fourth-order valence-corrected chi connectivity index (χ4v) is 4.01. The van der Waals surface area contributed by atoms with Gasteiger partial charge in [-0.25, -0.2) is 9.59 Å². The van der Waals surface area contributed by atoms with Gasteiger partial charge in [0.2, 0.25) is 0 Å². The molecule has 1 N–H and O–H groups in total. The largest absolute Gasteiger partial charge is 0.480 e. The lowest BCUT2D eigenvalue weighted by atomic mass is 10.0. The molecule has 152 valence electrons. The molecular weight excluding hydrogens is 358 g/mol. The first-order chi connectivity index (χ1) is 13.1. The average Bonchev–Trinajstić information content (AvgIpc) is 3.17. The van der Waals surface area contributed by atoms with Crippen LogP contribution in [-0.4, -0.2) is 46.4 Å². The number of likely N-dealkylation sites (tertiary alicyclic amines) is 1. The van der Waals surface area contributed by atoms with Crippen molar-refractivity contribution in [3.05, 3.63) is 48.0 Å². The van der Waals surface area contributed by atoms with E-state index in [0.29, 0.717) is 19.6 Å². The summed E-state index contributed by atoms with van der Waals surface area (Å²) >= 11 is 0. The van der Waals surface area contributed by atoms with Gasteiger partial charge in [0.1, 0.15) is 11.6 Å². The fourth-order valence-electron chi connectivity index (χ4n) is 4.01. The molecule has 1 unspecified atom stereocenters. The lowest BCUT2D eigenvalue weighted by Gasteiger charge is -2.28. The van der Waals surface area contributed by atoms with E-state index in [9.17, 15) is 14.7 Å². The summed E-state index contributed by atoms with van der Waals surface area (Å²) in [6.45, 7) is 9.99. The molecule has 1 saturated carbocycles. The third-order valence-electron chi connectivity index (χ3n) is 5.34. The molecular formula is C22H29NO5. The number of hydrogen-bond acceptors (Lipinski definition) is 4. The Morgan fingerprint density at radius 3 is 2.68 bits per heavy atom. The number of benzene rings is 1. The first-order valence-electron chi connectivity index (χ1n) is 9.66. The Morgan fingerprint density at radius 1 is 1.32 bits per heavy atom. The lowest BCUT2D eigenvalue weighted by Crippen LogP contribution is -2.45. The van der Waals surface area contributed by atoms with Gasteiger partial charge < -0.3 is 14.6 Å². The number of hydrogen-bond donors (Lipinski definition) is 1. The molecule has 2 aliphatic rings. The molecule has 1 heterocycles. The molecule has 6 nitrogen and oxygen atoms in total. The predicted octanol–water partition coefficient (Wildman–Crippen LogP) is 3.78. The summed E-state index contributed by atoms with van der Waals surface area (Å²) in [4.78, 5) is 25.6. The van der Waals surface area contributed by atoms with Crippen LogP contribution in [0.25, 0.3) is 0 Å². The molecule has 0 bridgehead atoms. The number of rotatable bonds is 7. The van der Waals surface area contributed by atoms with Crippen LogP contribution in [-0.2, 0) is 27.3 Å². The summed E-state index contributed by atoms with van der Waals surface area (Å²) < 4.78 is 11.4. The summed E-state index contributed by atoms with van der Waals surface area (Å²) in [7, 11) is 0. The molecule has 6 heteroatoms. The number of ether oxygens (including phenoxy) is 2. The molecule has 1 aliphatic carbocycles. The van der Waals surface area contributed by atoms with Crippen LogP contribution >= 0.6 is 0 Å². The standard InChI is InChI=1S/C22H29NO5/c1-5-7-15-8-6-9-16(10-15)13-27-14-22-11-17(19(24)25)23(18(22)12-22)20(26)28-21(2,3)4/h5-6,8-10,17-18H,1,7,11-14H2,2-4H3,(H,24,25)/t17-,18?,22-/m0/s1. The van der Waals surface area contributed by atoms with Crippen molar-refractivity contribution in [2.75, 3.05) is 6.61 Å². The summed E-state index contributed by atoms with van der Waals surface area (Å²) in [5.74, 6) is -0.991. The second-order valence-corrected chi connectivity index (χ2v) is 8.83. The van der Waals surface area contributed by atoms with Crippen molar-refractivity contribution in [2.24, 2.45) is 5.41 Å². The van der Waals surface area contributed by atoms with Crippen LogP contribution in [0.3, 0.4) is 0 Å². The number of carboxylic acids is 1. The molecule has 1 aliphatic heterocycles. The molecule has 28 heavy (non-hydrogen) atoms. The highest BCUT2D eigenvalue weighted by molar-refractivity contribution is 5.82. The van der Waals surface area contributed by atoms with Gasteiger partial charge in [-0.15, -0.1) is 6.58 Å². The summed E-state index contributed by atoms with van der Waals surface area (Å²) in [6.07, 6.45) is 3.28. The maximum Gasteiger partial charge on any atom is 0.411 e. The monoisotopic (exact) mass is 387 g/mol. The van der Waals surface area contributed by atoms with Crippen LogP contribution in [0.4, 0.5) is 4.79 Å². The van der Waals surface area contributed by atoms with Crippen LogP contribution in [0.15, 0.2) is 36.9 Å². The molecule has 3 atom stereocenters. The van der Waals surface area contributed by atoms with E-state index in [2.05, 4.69) is 12.6 Å². The SMILES string of the molecule is C=CCc1cccc(COC[C@]23CC2N(C(=O)OC(C)(C)C)[C@H](C(=O)O)C3)c1. The molecule has 1 aromatic rings. The van der Waals surface area contributed by atoms with Gasteiger partial charge in [0.25, 0.3) is 0 Å². The van der Waals surface area contributed by atoms with Gasteiger partial charge in [-0.3, -0.25) is 4.90 Å².